The Balaban J connectivity index is 2.94. The van der Waals surface area contributed by atoms with E-state index in [1.165, 1.54) is 0 Å². The molecule has 4 nitrogen and oxygen atoms in total. The van der Waals surface area contributed by atoms with Crippen LogP contribution in [0.5, 0.6) is 0 Å². The smallest absolute Gasteiger partial charge is 0.341 e. The third kappa shape index (κ3) is 2.08. The highest BCUT2D eigenvalue weighted by atomic mass is 16.7. The molecule has 1 rings (SSSR count). The van der Waals surface area contributed by atoms with Crippen LogP contribution in [-0.4, -0.2) is 18.0 Å². The minimum absolute atomic E-state index is 0.0424. The van der Waals surface area contributed by atoms with Gasteiger partial charge in [0.1, 0.15) is 12.0 Å². The van der Waals surface area contributed by atoms with Gasteiger partial charge in [0.15, 0.2) is 0 Å². The molecule has 0 bridgehead atoms. The number of rotatable bonds is 2. The van der Waals surface area contributed by atoms with E-state index in [9.17, 15) is 9.59 Å². The summed E-state index contributed by atoms with van der Waals surface area (Å²) in [7, 11) is 0. The zero-order chi connectivity index (χ0) is 10.1. The second-order valence-electron chi connectivity index (χ2n) is 3.30. The second kappa shape index (κ2) is 3.20. The Kier molecular flexibility index (Phi) is 2.40. The molecule has 0 radical (unpaired) electrons. The number of allylic oxidation sites excluding steroid dienone is 1. The predicted octanol–water partition coefficient (Wildman–Crippen LogP) is 1.16. The van der Waals surface area contributed by atoms with Gasteiger partial charge in [0.05, 0.1) is 5.57 Å². The van der Waals surface area contributed by atoms with Crippen molar-refractivity contribution in [3.05, 3.63) is 11.3 Å². The first-order valence-electron chi connectivity index (χ1n) is 4.02. The summed E-state index contributed by atoms with van der Waals surface area (Å²) in [5, 5.41) is 0. The van der Waals surface area contributed by atoms with Crippen molar-refractivity contribution >= 4 is 12.3 Å². The summed E-state index contributed by atoms with van der Waals surface area (Å²) in [4.78, 5) is 21.5. The summed E-state index contributed by atoms with van der Waals surface area (Å²) in [6.07, 6.45) is 0.697. The highest BCUT2D eigenvalue weighted by molar-refractivity contribution is 5.92. The Morgan fingerprint density at radius 2 is 2.00 bits per heavy atom. The van der Waals surface area contributed by atoms with Crippen molar-refractivity contribution in [3.8, 4) is 0 Å². The Bertz CT molecular complexity index is 275. The number of esters is 1. The molecule has 0 spiro atoms. The van der Waals surface area contributed by atoms with Crippen molar-refractivity contribution in [1.82, 2.24) is 0 Å². The van der Waals surface area contributed by atoms with Crippen molar-refractivity contribution in [3.63, 3.8) is 0 Å². The molecule has 0 aromatic heterocycles. The van der Waals surface area contributed by atoms with E-state index in [0.717, 1.165) is 0 Å². The molecule has 0 aliphatic carbocycles. The maximum Gasteiger partial charge on any atom is 0.341 e. The highest BCUT2D eigenvalue weighted by Crippen LogP contribution is 2.27. The van der Waals surface area contributed by atoms with Crippen LogP contribution in [0.15, 0.2) is 11.3 Å². The monoisotopic (exact) mass is 184 g/mol. The van der Waals surface area contributed by atoms with E-state index in [0.29, 0.717) is 17.6 Å². The van der Waals surface area contributed by atoms with Gasteiger partial charge in [0, 0.05) is 20.3 Å². The molecule has 1 aliphatic heterocycles. The lowest BCUT2D eigenvalue weighted by Gasteiger charge is -2.31. The first-order chi connectivity index (χ1) is 5.96. The zero-order valence-corrected chi connectivity index (χ0v) is 7.92. The normalized spacial score (nSPS) is 20.7. The summed E-state index contributed by atoms with van der Waals surface area (Å²) in [6, 6.07) is 0. The molecule has 1 aliphatic rings. The summed E-state index contributed by atoms with van der Waals surface area (Å²) >= 11 is 0. The maximum atomic E-state index is 11.3. The number of hydrogen-bond acceptors (Lipinski definition) is 4. The standard InChI is InChI=1S/C9H12O4/c1-6-7(4-5-10)8(11)13-9(2,3)12-6/h5H,4H2,1-3H3. The van der Waals surface area contributed by atoms with E-state index in [2.05, 4.69) is 0 Å². The third-order valence-corrected chi connectivity index (χ3v) is 1.70. The van der Waals surface area contributed by atoms with Crippen molar-refractivity contribution in [2.45, 2.75) is 33.0 Å². The predicted molar refractivity (Wildman–Crippen MR) is 44.6 cm³/mol. The molecule has 4 heteroatoms. The van der Waals surface area contributed by atoms with Crippen LogP contribution in [0.25, 0.3) is 0 Å². The van der Waals surface area contributed by atoms with E-state index in [-0.39, 0.29) is 6.42 Å². The van der Waals surface area contributed by atoms with Crippen molar-refractivity contribution in [1.29, 1.82) is 0 Å². The van der Waals surface area contributed by atoms with Gasteiger partial charge in [-0.15, -0.1) is 0 Å². The second-order valence-corrected chi connectivity index (χ2v) is 3.30. The van der Waals surface area contributed by atoms with Crippen molar-refractivity contribution in [2.75, 3.05) is 0 Å². The van der Waals surface area contributed by atoms with Gasteiger partial charge in [-0.3, -0.25) is 0 Å². The van der Waals surface area contributed by atoms with E-state index >= 15 is 0 Å². The minimum atomic E-state index is -0.923. The fourth-order valence-electron chi connectivity index (χ4n) is 1.19. The van der Waals surface area contributed by atoms with Gasteiger partial charge in [-0.25, -0.2) is 4.79 Å². The van der Waals surface area contributed by atoms with Crippen LogP contribution in [0.4, 0.5) is 0 Å². The lowest BCUT2D eigenvalue weighted by Crippen LogP contribution is -2.36. The highest BCUT2D eigenvalue weighted by Gasteiger charge is 2.33. The van der Waals surface area contributed by atoms with Crippen LogP contribution >= 0.6 is 0 Å². The molecule has 0 saturated heterocycles. The van der Waals surface area contributed by atoms with E-state index < -0.39 is 11.8 Å². The fraction of sp³-hybridized carbons (Fsp3) is 0.556. The Labute approximate surface area is 76.5 Å². The first kappa shape index (κ1) is 9.77. The third-order valence-electron chi connectivity index (χ3n) is 1.70. The molecule has 0 aromatic carbocycles. The topological polar surface area (TPSA) is 52.6 Å². The summed E-state index contributed by atoms with van der Waals surface area (Å²) in [5.74, 6) is -0.928. The van der Waals surface area contributed by atoms with Crippen LogP contribution in [0.2, 0.25) is 0 Å². The molecule has 72 valence electrons. The van der Waals surface area contributed by atoms with Crippen molar-refractivity contribution in [2.24, 2.45) is 0 Å². The molecular weight excluding hydrogens is 172 g/mol. The average Bonchev–Trinajstić information content (AvgIpc) is 1.94. The number of ether oxygens (including phenoxy) is 2. The van der Waals surface area contributed by atoms with Gasteiger partial charge in [-0.05, 0) is 6.92 Å². The van der Waals surface area contributed by atoms with Gasteiger partial charge in [-0.1, -0.05) is 0 Å². The molecule has 0 aromatic rings. The lowest BCUT2D eigenvalue weighted by molar-refractivity contribution is -0.207. The summed E-state index contributed by atoms with van der Waals surface area (Å²) in [6.45, 7) is 4.94. The minimum Gasteiger partial charge on any atom is -0.457 e. The molecule has 0 amide bonds. The lowest BCUT2D eigenvalue weighted by atomic mass is 10.1. The maximum absolute atomic E-state index is 11.3. The molecule has 0 atom stereocenters. The molecule has 0 unspecified atom stereocenters. The largest absolute Gasteiger partial charge is 0.457 e. The summed E-state index contributed by atoms with van der Waals surface area (Å²) in [5.41, 5.74) is 0.300. The Hall–Kier alpha value is -1.32. The van der Waals surface area contributed by atoms with Gasteiger partial charge in [0.2, 0.25) is 5.79 Å². The molecule has 1 heterocycles. The van der Waals surface area contributed by atoms with Gasteiger partial charge < -0.3 is 14.3 Å². The number of aldehydes is 1. The molecular formula is C9H12O4. The molecule has 13 heavy (non-hydrogen) atoms. The van der Waals surface area contributed by atoms with Gasteiger partial charge >= 0.3 is 5.97 Å². The fourth-order valence-corrected chi connectivity index (χ4v) is 1.19. The average molecular weight is 184 g/mol. The number of hydrogen-bond donors (Lipinski definition) is 0. The molecule has 0 saturated carbocycles. The summed E-state index contributed by atoms with van der Waals surface area (Å²) < 4.78 is 10.2. The Morgan fingerprint density at radius 1 is 1.38 bits per heavy atom. The van der Waals surface area contributed by atoms with Crippen molar-refractivity contribution < 1.29 is 19.1 Å². The number of cyclic esters (lactones) is 1. The van der Waals surface area contributed by atoms with Crippen LogP contribution in [0.1, 0.15) is 27.2 Å². The van der Waals surface area contributed by atoms with E-state index in [1.54, 1.807) is 20.8 Å². The van der Waals surface area contributed by atoms with Crippen LogP contribution < -0.4 is 0 Å². The first-order valence-corrected chi connectivity index (χ1v) is 4.02. The quantitative estimate of drug-likeness (QED) is 0.477. The van der Waals surface area contributed by atoms with E-state index in [4.69, 9.17) is 9.47 Å². The van der Waals surface area contributed by atoms with Crippen LogP contribution in [-0.2, 0) is 19.1 Å². The van der Waals surface area contributed by atoms with Crippen LogP contribution in [0, 0.1) is 0 Å². The number of carbonyl (C=O) groups is 2. The van der Waals surface area contributed by atoms with Gasteiger partial charge in [0.25, 0.3) is 0 Å². The SMILES string of the molecule is CC1=C(CC=O)C(=O)OC(C)(C)O1. The zero-order valence-electron chi connectivity index (χ0n) is 7.92. The molecule has 0 fully saturated rings. The number of carbonyl (C=O) groups excluding carboxylic acids is 2. The molecule has 0 N–H and O–H groups in total. The van der Waals surface area contributed by atoms with Gasteiger partial charge in [-0.2, -0.15) is 0 Å². The van der Waals surface area contributed by atoms with Crippen LogP contribution in [0.3, 0.4) is 0 Å². The Morgan fingerprint density at radius 3 is 2.46 bits per heavy atom. The van der Waals surface area contributed by atoms with E-state index in [1.807, 2.05) is 0 Å².